The summed E-state index contributed by atoms with van der Waals surface area (Å²) in [5.74, 6) is 5.18. The molecule has 0 spiro atoms. The van der Waals surface area contributed by atoms with Crippen LogP contribution in [0.2, 0.25) is 5.02 Å². The largest absolute Gasteiger partial charge is 0.573 e. The van der Waals surface area contributed by atoms with Crippen molar-refractivity contribution in [1.82, 2.24) is 5.43 Å². The lowest BCUT2D eigenvalue weighted by atomic mass is 9.98. The van der Waals surface area contributed by atoms with E-state index in [2.05, 4.69) is 10.2 Å². The van der Waals surface area contributed by atoms with E-state index in [-0.39, 0.29) is 11.3 Å². The molecule has 0 saturated carbocycles. The first-order chi connectivity index (χ1) is 9.90. The lowest BCUT2D eigenvalue weighted by Crippen LogP contribution is -2.30. The van der Waals surface area contributed by atoms with Crippen molar-refractivity contribution in [2.75, 3.05) is 0 Å². The zero-order valence-corrected chi connectivity index (χ0v) is 11.4. The van der Waals surface area contributed by atoms with E-state index < -0.39 is 12.4 Å². The van der Waals surface area contributed by atoms with Crippen LogP contribution in [0.1, 0.15) is 17.2 Å². The summed E-state index contributed by atoms with van der Waals surface area (Å²) in [5, 5.41) is 0.460. The van der Waals surface area contributed by atoms with Gasteiger partial charge in [-0.1, -0.05) is 41.9 Å². The van der Waals surface area contributed by atoms with Gasteiger partial charge in [0.1, 0.15) is 5.75 Å². The molecule has 2 aromatic carbocycles. The van der Waals surface area contributed by atoms with Crippen molar-refractivity contribution in [3.63, 3.8) is 0 Å². The highest BCUT2D eigenvalue weighted by atomic mass is 35.5. The molecule has 0 amide bonds. The Hall–Kier alpha value is -1.76. The number of hydrogen-bond acceptors (Lipinski definition) is 3. The predicted octanol–water partition coefficient (Wildman–Crippen LogP) is 3.79. The van der Waals surface area contributed by atoms with Crippen molar-refractivity contribution in [3.8, 4) is 5.75 Å². The van der Waals surface area contributed by atoms with Gasteiger partial charge in [-0.3, -0.25) is 5.84 Å². The topological polar surface area (TPSA) is 47.3 Å². The first kappa shape index (κ1) is 15.6. The number of benzene rings is 2. The second-order valence-electron chi connectivity index (χ2n) is 4.24. The quantitative estimate of drug-likeness (QED) is 0.666. The van der Waals surface area contributed by atoms with Crippen molar-refractivity contribution in [2.45, 2.75) is 12.4 Å². The molecule has 0 aliphatic heterocycles. The van der Waals surface area contributed by atoms with Gasteiger partial charge in [-0.15, -0.1) is 13.2 Å². The summed E-state index contributed by atoms with van der Waals surface area (Å²) in [6, 6.07) is 11.8. The first-order valence-corrected chi connectivity index (χ1v) is 6.35. The molecule has 0 fully saturated rings. The Labute approximate surface area is 124 Å². The van der Waals surface area contributed by atoms with E-state index in [1.54, 1.807) is 30.3 Å². The van der Waals surface area contributed by atoms with Gasteiger partial charge in [0.15, 0.2) is 0 Å². The van der Waals surface area contributed by atoms with E-state index in [0.29, 0.717) is 10.6 Å². The molecule has 112 valence electrons. The van der Waals surface area contributed by atoms with Crippen molar-refractivity contribution in [3.05, 3.63) is 64.7 Å². The van der Waals surface area contributed by atoms with E-state index in [1.165, 1.54) is 18.2 Å². The molecule has 0 aromatic heterocycles. The van der Waals surface area contributed by atoms with Crippen LogP contribution in [-0.2, 0) is 0 Å². The Morgan fingerprint density at radius 2 is 1.81 bits per heavy atom. The lowest BCUT2D eigenvalue weighted by molar-refractivity contribution is -0.275. The first-order valence-electron chi connectivity index (χ1n) is 5.97. The van der Waals surface area contributed by atoms with Crippen LogP contribution >= 0.6 is 11.6 Å². The number of para-hydroxylation sites is 1. The molecule has 0 radical (unpaired) electrons. The number of ether oxygens (including phenoxy) is 1. The van der Waals surface area contributed by atoms with Gasteiger partial charge in [0.2, 0.25) is 0 Å². The third-order valence-corrected chi connectivity index (χ3v) is 3.04. The van der Waals surface area contributed by atoms with Crippen LogP contribution in [0.25, 0.3) is 0 Å². The van der Waals surface area contributed by atoms with E-state index in [4.69, 9.17) is 17.4 Å². The number of halogens is 4. The summed E-state index contributed by atoms with van der Waals surface area (Å²) in [6.45, 7) is 0. The van der Waals surface area contributed by atoms with Crippen LogP contribution in [0.15, 0.2) is 48.5 Å². The molecule has 0 aliphatic rings. The number of nitrogens with two attached hydrogens (primary N) is 1. The molecule has 2 rings (SSSR count). The van der Waals surface area contributed by atoms with Crippen molar-refractivity contribution in [2.24, 2.45) is 5.84 Å². The Bertz CT molecular complexity index is 619. The maximum atomic E-state index is 12.5. The van der Waals surface area contributed by atoms with Gasteiger partial charge in [0.05, 0.1) is 6.04 Å². The normalized spacial score (nSPS) is 13.0. The molecule has 2 aromatic rings. The monoisotopic (exact) mass is 316 g/mol. The minimum absolute atomic E-state index is 0.264. The molecule has 7 heteroatoms. The molecule has 21 heavy (non-hydrogen) atoms. The zero-order chi connectivity index (χ0) is 15.5. The van der Waals surface area contributed by atoms with Crippen LogP contribution in [0.3, 0.4) is 0 Å². The summed E-state index contributed by atoms with van der Waals surface area (Å²) >= 11 is 5.90. The average Bonchev–Trinajstić information content (AvgIpc) is 2.40. The van der Waals surface area contributed by atoms with Gasteiger partial charge < -0.3 is 4.74 Å². The van der Waals surface area contributed by atoms with Crippen molar-refractivity contribution in [1.29, 1.82) is 0 Å². The molecule has 3 N–H and O–H groups in total. The summed E-state index contributed by atoms with van der Waals surface area (Å²) in [7, 11) is 0. The van der Waals surface area contributed by atoms with E-state index in [0.717, 1.165) is 0 Å². The zero-order valence-electron chi connectivity index (χ0n) is 10.7. The molecule has 0 heterocycles. The predicted molar refractivity (Wildman–Crippen MR) is 73.7 cm³/mol. The smallest absolute Gasteiger partial charge is 0.405 e. The molecule has 1 atom stereocenters. The van der Waals surface area contributed by atoms with E-state index >= 15 is 0 Å². The van der Waals surface area contributed by atoms with E-state index in [1.807, 2.05) is 0 Å². The molecular formula is C14H12ClF3N2O. The third-order valence-electron chi connectivity index (χ3n) is 2.80. The second-order valence-corrected chi connectivity index (χ2v) is 4.68. The highest BCUT2D eigenvalue weighted by molar-refractivity contribution is 6.30. The number of rotatable bonds is 4. The number of nitrogens with one attached hydrogen (secondary N) is 1. The van der Waals surface area contributed by atoms with Gasteiger partial charge in [0, 0.05) is 10.6 Å². The molecular weight excluding hydrogens is 305 g/mol. The number of hydrazine groups is 1. The Morgan fingerprint density at radius 1 is 1.10 bits per heavy atom. The van der Waals surface area contributed by atoms with Crippen LogP contribution in [0, 0.1) is 0 Å². The fourth-order valence-corrected chi connectivity index (χ4v) is 2.19. The number of alkyl halides is 3. The van der Waals surface area contributed by atoms with Crippen LogP contribution in [-0.4, -0.2) is 6.36 Å². The lowest BCUT2D eigenvalue weighted by Gasteiger charge is -2.21. The van der Waals surface area contributed by atoms with Crippen molar-refractivity contribution < 1.29 is 17.9 Å². The molecule has 0 bridgehead atoms. The minimum atomic E-state index is -4.77. The molecule has 0 saturated heterocycles. The highest BCUT2D eigenvalue weighted by Crippen LogP contribution is 2.33. The molecule has 1 unspecified atom stereocenters. The maximum Gasteiger partial charge on any atom is 0.573 e. The summed E-state index contributed by atoms with van der Waals surface area (Å²) < 4.78 is 41.4. The number of hydrogen-bond donors (Lipinski definition) is 2. The molecule has 3 nitrogen and oxygen atoms in total. The van der Waals surface area contributed by atoms with E-state index in [9.17, 15) is 13.2 Å². The second kappa shape index (κ2) is 6.34. The Balaban J connectivity index is 2.43. The van der Waals surface area contributed by atoms with Gasteiger partial charge in [-0.05, 0) is 23.8 Å². The van der Waals surface area contributed by atoms with Crippen LogP contribution < -0.4 is 16.0 Å². The summed E-state index contributed by atoms with van der Waals surface area (Å²) in [6.07, 6.45) is -4.77. The summed E-state index contributed by atoms with van der Waals surface area (Å²) in [4.78, 5) is 0. The fourth-order valence-electron chi connectivity index (χ4n) is 1.99. The van der Waals surface area contributed by atoms with Crippen LogP contribution in [0.4, 0.5) is 13.2 Å². The van der Waals surface area contributed by atoms with Gasteiger partial charge in [-0.2, -0.15) is 0 Å². The molecule has 0 aliphatic carbocycles. The highest BCUT2D eigenvalue weighted by Gasteiger charge is 2.33. The average molecular weight is 317 g/mol. The maximum absolute atomic E-state index is 12.5. The SMILES string of the molecule is NNC(c1cccc(Cl)c1)c1ccccc1OC(F)(F)F. The summed E-state index contributed by atoms with van der Waals surface area (Å²) in [5.41, 5.74) is 3.37. The van der Waals surface area contributed by atoms with Gasteiger partial charge >= 0.3 is 6.36 Å². The van der Waals surface area contributed by atoms with Gasteiger partial charge in [0.25, 0.3) is 0 Å². The van der Waals surface area contributed by atoms with Crippen molar-refractivity contribution >= 4 is 11.6 Å². The Morgan fingerprint density at radius 3 is 2.43 bits per heavy atom. The third kappa shape index (κ3) is 4.10. The minimum Gasteiger partial charge on any atom is -0.405 e. The van der Waals surface area contributed by atoms with Crippen LogP contribution in [0.5, 0.6) is 5.75 Å². The fraction of sp³-hybridized carbons (Fsp3) is 0.143. The van der Waals surface area contributed by atoms with Gasteiger partial charge in [-0.25, -0.2) is 5.43 Å². The Kier molecular flexibility index (Phi) is 4.72. The standard InChI is InChI=1S/C14H12ClF3N2O/c15-10-5-3-4-9(8-10)13(20-19)11-6-1-2-7-12(11)21-14(16,17)18/h1-8,13,20H,19H2.